The lowest BCUT2D eigenvalue weighted by Crippen LogP contribution is -2.12. The van der Waals surface area contributed by atoms with Gasteiger partial charge in [-0.05, 0) is 26.7 Å². The molecule has 13 heavy (non-hydrogen) atoms. The molecule has 1 unspecified atom stereocenters. The molecule has 0 aliphatic rings. The van der Waals surface area contributed by atoms with Crippen LogP contribution < -0.4 is 0 Å². The van der Waals surface area contributed by atoms with E-state index in [0.717, 1.165) is 12.8 Å². The molecule has 0 saturated heterocycles. The molecular formula is C11H20O2. The van der Waals surface area contributed by atoms with Crippen LogP contribution in [0, 0.1) is 0 Å². The third-order valence-corrected chi connectivity index (χ3v) is 1.83. The lowest BCUT2D eigenvalue weighted by Gasteiger charge is -2.10. The summed E-state index contributed by atoms with van der Waals surface area (Å²) in [6.45, 7) is 5.91. The zero-order valence-electron chi connectivity index (χ0n) is 8.88. The molecule has 0 saturated carbocycles. The third-order valence-electron chi connectivity index (χ3n) is 1.83. The fourth-order valence-corrected chi connectivity index (χ4v) is 1.11. The van der Waals surface area contributed by atoms with E-state index in [1.807, 2.05) is 13.8 Å². The second-order valence-electron chi connectivity index (χ2n) is 3.24. The minimum atomic E-state index is -0.230. The highest BCUT2D eigenvalue weighted by Gasteiger charge is 2.05. The highest BCUT2D eigenvalue weighted by Crippen LogP contribution is 2.06. The zero-order valence-corrected chi connectivity index (χ0v) is 8.88. The van der Waals surface area contributed by atoms with Gasteiger partial charge in [0.1, 0.15) is 0 Å². The minimum absolute atomic E-state index is 0.0512. The fourth-order valence-electron chi connectivity index (χ4n) is 1.11. The van der Waals surface area contributed by atoms with E-state index < -0.39 is 0 Å². The first kappa shape index (κ1) is 12.2. The highest BCUT2D eigenvalue weighted by atomic mass is 16.5. The Kier molecular flexibility index (Phi) is 7.36. The van der Waals surface area contributed by atoms with Crippen LogP contribution in [0.4, 0.5) is 0 Å². The summed E-state index contributed by atoms with van der Waals surface area (Å²) in [4.78, 5) is 11.0. The first-order valence-electron chi connectivity index (χ1n) is 5.04. The van der Waals surface area contributed by atoms with Gasteiger partial charge in [-0.3, -0.25) is 0 Å². The normalized spacial score (nSPS) is 13.2. The molecule has 0 aromatic heterocycles. The molecule has 2 heteroatoms. The van der Waals surface area contributed by atoms with Gasteiger partial charge in [0.05, 0.1) is 6.10 Å². The average molecular weight is 184 g/mol. The van der Waals surface area contributed by atoms with Gasteiger partial charge in [-0.15, -0.1) is 0 Å². The second-order valence-corrected chi connectivity index (χ2v) is 3.24. The summed E-state index contributed by atoms with van der Waals surface area (Å²) < 4.78 is 5.11. The summed E-state index contributed by atoms with van der Waals surface area (Å²) in [5, 5.41) is 0. The predicted molar refractivity (Wildman–Crippen MR) is 54.5 cm³/mol. The number of carbonyl (C=O) groups excluding carboxylic acids is 1. The van der Waals surface area contributed by atoms with Gasteiger partial charge in [0.25, 0.3) is 0 Å². The molecule has 0 rings (SSSR count). The number of hydrogen-bond donors (Lipinski definition) is 0. The molecule has 0 amide bonds. The Morgan fingerprint density at radius 2 is 2.15 bits per heavy atom. The molecule has 0 N–H and O–H groups in total. The second kappa shape index (κ2) is 7.84. The fraction of sp³-hybridized carbons (Fsp3) is 0.727. The SMILES string of the molecule is C/C=C/C(=O)OC(C)CCCCC. The molecule has 0 aliphatic carbocycles. The van der Waals surface area contributed by atoms with E-state index in [9.17, 15) is 4.79 Å². The Morgan fingerprint density at radius 1 is 1.46 bits per heavy atom. The van der Waals surface area contributed by atoms with Crippen molar-refractivity contribution in [1.29, 1.82) is 0 Å². The number of carbonyl (C=O) groups is 1. The monoisotopic (exact) mass is 184 g/mol. The van der Waals surface area contributed by atoms with Crippen molar-refractivity contribution in [1.82, 2.24) is 0 Å². The summed E-state index contributed by atoms with van der Waals surface area (Å²) in [6, 6.07) is 0. The van der Waals surface area contributed by atoms with Gasteiger partial charge in [0, 0.05) is 6.08 Å². The van der Waals surface area contributed by atoms with Crippen LogP contribution in [0.2, 0.25) is 0 Å². The molecule has 0 aromatic carbocycles. The molecule has 0 spiro atoms. The summed E-state index contributed by atoms with van der Waals surface area (Å²) in [5.41, 5.74) is 0. The van der Waals surface area contributed by atoms with Crippen LogP contribution in [0.25, 0.3) is 0 Å². The number of allylic oxidation sites excluding steroid dienone is 1. The molecule has 0 heterocycles. The van der Waals surface area contributed by atoms with Gasteiger partial charge in [0.15, 0.2) is 0 Å². The smallest absolute Gasteiger partial charge is 0.330 e. The van der Waals surface area contributed by atoms with Gasteiger partial charge in [-0.1, -0.05) is 25.8 Å². The van der Waals surface area contributed by atoms with Crippen molar-refractivity contribution in [3.05, 3.63) is 12.2 Å². The zero-order chi connectivity index (χ0) is 10.1. The molecule has 2 nitrogen and oxygen atoms in total. The van der Waals surface area contributed by atoms with Gasteiger partial charge >= 0.3 is 5.97 Å². The van der Waals surface area contributed by atoms with Gasteiger partial charge in [0.2, 0.25) is 0 Å². The lowest BCUT2D eigenvalue weighted by atomic mass is 10.1. The molecule has 0 bridgehead atoms. The molecular weight excluding hydrogens is 164 g/mol. The van der Waals surface area contributed by atoms with E-state index in [4.69, 9.17) is 4.74 Å². The largest absolute Gasteiger partial charge is 0.460 e. The quantitative estimate of drug-likeness (QED) is 0.360. The number of ether oxygens (including phenoxy) is 1. The minimum Gasteiger partial charge on any atom is -0.460 e. The van der Waals surface area contributed by atoms with E-state index in [-0.39, 0.29) is 12.1 Å². The van der Waals surface area contributed by atoms with Crippen molar-refractivity contribution in [2.45, 2.75) is 52.6 Å². The third kappa shape index (κ3) is 7.57. The molecule has 76 valence electrons. The van der Waals surface area contributed by atoms with Gasteiger partial charge in [-0.2, -0.15) is 0 Å². The molecule has 1 atom stereocenters. The van der Waals surface area contributed by atoms with Crippen LogP contribution in [-0.2, 0) is 9.53 Å². The summed E-state index contributed by atoms with van der Waals surface area (Å²) in [7, 11) is 0. The Hall–Kier alpha value is -0.790. The number of rotatable bonds is 6. The van der Waals surface area contributed by atoms with Crippen LogP contribution in [0.15, 0.2) is 12.2 Å². The van der Waals surface area contributed by atoms with Crippen LogP contribution in [0.3, 0.4) is 0 Å². The average Bonchev–Trinajstić information content (AvgIpc) is 2.05. The summed E-state index contributed by atoms with van der Waals surface area (Å²) in [6.07, 6.45) is 7.73. The predicted octanol–water partition coefficient (Wildman–Crippen LogP) is 3.07. The van der Waals surface area contributed by atoms with E-state index >= 15 is 0 Å². The number of esters is 1. The molecule has 0 radical (unpaired) electrons. The van der Waals surface area contributed by atoms with E-state index in [0.29, 0.717) is 0 Å². The van der Waals surface area contributed by atoms with E-state index in [1.165, 1.54) is 18.9 Å². The summed E-state index contributed by atoms with van der Waals surface area (Å²) >= 11 is 0. The first-order valence-corrected chi connectivity index (χ1v) is 5.04. The van der Waals surface area contributed by atoms with Crippen LogP contribution in [0.1, 0.15) is 46.5 Å². The topological polar surface area (TPSA) is 26.3 Å². The molecule has 0 fully saturated rings. The maximum Gasteiger partial charge on any atom is 0.330 e. The van der Waals surface area contributed by atoms with Crippen molar-refractivity contribution in [2.75, 3.05) is 0 Å². The van der Waals surface area contributed by atoms with Crippen molar-refractivity contribution >= 4 is 5.97 Å². The van der Waals surface area contributed by atoms with Crippen LogP contribution in [0.5, 0.6) is 0 Å². The summed E-state index contributed by atoms with van der Waals surface area (Å²) in [5.74, 6) is -0.230. The maximum absolute atomic E-state index is 11.0. The van der Waals surface area contributed by atoms with E-state index in [2.05, 4.69) is 6.92 Å². The van der Waals surface area contributed by atoms with Crippen LogP contribution >= 0.6 is 0 Å². The van der Waals surface area contributed by atoms with Crippen LogP contribution in [-0.4, -0.2) is 12.1 Å². The van der Waals surface area contributed by atoms with Gasteiger partial charge < -0.3 is 4.74 Å². The number of unbranched alkanes of at least 4 members (excludes halogenated alkanes) is 2. The Balaban J connectivity index is 3.49. The van der Waals surface area contributed by atoms with Crippen molar-refractivity contribution in [2.24, 2.45) is 0 Å². The first-order chi connectivity index (χ1) is 6.20. The van der Waals surface area contributed by atoms with Crippen molar-refractivity contribution in [3.63, 3.8) is 0 Å². The van der Waals surface area contributed by atoms with Crippen molar-refractivity contribution in [3.8, 4) is 0 Å². The van der Waals surface area contributed by atoms with E-state index in [1.54, 1.807) is 6.08 Å². The standard InChI is InChI=1S/C11H20O2/c1-4-6-7-9-10(3)13-11(12)8-5-2/h5,8,10H,4,6-7,9H2,1-3H3/b8-5+. The van der Waals surface area contributed by atoms with Crippen molar-refractivity contribution < 1.29 is 9.53 Å². The maximum atomic E-state index is 11.0. The molecule has 0 aromatic rings. The lowest BCUT2D eigenvalue weighted by molar-refractivity contribution is -0.142. The Labute approximate surface area is 81.0 Å². The Morgan fingerprint density at radius 3 is 2.69 bits per heavy atom. The van der Waals surface area contributed by atoms with Gasteiger partial charge in [-0.25, -0.2) is 4.79 Å². The molecule has 0 aliphatic heterocycles. The Bertz CT molecular complexity index is 161. The number of hydrogen-bond acceptors (Lipinski definition) is 2. The highest BCUT2D eigenvalue weighted by molar-refractivity contribution is 5.81.